The Hall–Kier alpha value is -3.15. The van der Waals surface area contributed by atoms with Gasteiger partial charge in [-0.25, -0.2) is 0 Å². The van der Waals surface area contributed by atoms with Gasteiger partial charge in [0.05, 0.1) is 12.5 Å². The Morgan fingerprint density at radius 2 is 1.82 bits per heavy atom. The van der Waals surface area contributed by atoms with E-state index in [-0.39, 0.29) is 30.9 Å². The molecule has 1 atom stereocenters. The van der Waals surface area contributed by atoms with Gasteiger partial charge in [-0.2, -0.15) is 0 Å². The molecule has 2 aromatic rings. The minimum atomic E-state index is -0.466. The van der Waals surface area contributed by atoms with Gasteiger partial charge < -0.3 is 15.4 Å². The van der Waals surface area contributed by atoms with Gasteiger partial charge in [-0.15, -0.1) is 0 Å². The van der Waals surface area contributed by atoms with Gasteiger partial charge in [0.1, 0.15) is 0 Å². The Morgan fingerprint density at radius 1 is 1.07 bits per heavy atom. The fourth-order valence-corrected chi connectivity index (χ4v) is 3.41. The maximum Gasteiger partial charge on any atom is 0.310 e. The van der Waals surface area contributed by atoms with E-state index in [0.29, 0.717) is 5.69 Å². The summed E-state index contributed by atoms with van der Waals surface area (Å²) < 4.78 is 5.11. The molecule has 1 unspecified atom stereocenters. The van der Waals surface area contributed by atoms with Crippen LogP contribution in [0.2, 0.25) is 0 Å². The van der Waals surface area contributed by atoms with Crippen molar-refractivity contribution in [1.29, 1.82) is 0 Å². The number of hydrogen-bond acceptors (Lipinski definition) is 4. The Kier molecular flexibility index (Phi) is 6.42. The highest BCUT2D eigenvalue weighted by Crippen LogP contribution is 2.29. The summed E-state index contributed by atoms with van der Waals surface area (Å²) in [7, 11) is 0. The molecule has 0 radical (unpaired) electrons. The van der Waals surface area contributed by atoms with Crippen LogP contribution in [0.5, 0.6) is 0 Å². The summed E-state index contributed by atoms with van der Waals surface area (Å²) in [5.74, 6) is -0.915. The fourth-order valence-electron chi connectivity index (χ4n) is 3.41. The van der Waals surface area contributed by atoms with Crippen LogP contribution in [0.25, 0.3) is 0 Å². The lowest BCUT2D eigenvalue weighted by Gasteiger charge is -2.26. The summed E-state index contributed by atoms with van der Waals surface area (Å²) >= 11 is 0. The van der Waals surface area contributed by atoms with Crippen LogP contribution in [-0.2, 0) is 32.0 Å². The number of carbonyl (C=O) groups is 3. The molecule has 1 aliphatic rings. The zero-order valence-electron chi connectivity index (χ0n) is 15.9. The summed E-state index contributed by atoms with van der Waals surface area (Å²) in [5.41, 5.74) is 3.82. The van der Waals surface area contributed by atoms with Crippen LogP contribution in [0.1, 0.15) is 42.5 Å². The van der Waals surface area contributed by atoms with Gasteiger partial charge in [-0.1, -0.05) is 36.4 Å². The van der Waals surface area contributed by atoms with Gasteiger partial charge in [0.2, 0.25) is 5.91 Å². The number of hydrogen-bond donors (Lipinski definition) is 2. The van der Waals surface area contributed by atoms with Crippen LogP contribution < -0.4 is 10.6 Å². The Balaban J connectivity index is 1.46. The van der Waals surface area contributed by atoms with E-state index in [2.05, 4.69) is 16.7 Å². The number of aryl methyl sites for hydroxylation is 1. The average Bonchev–Trinajstić information content (AvgIpc) is 2.68. The van der Waals surface area contributed by atoms with Crippen molar-refractivity contribution in [2.24, 2.45) is 0 Å². The number of benzene rings is 2. The van der Waals surface area contributed by atoms with E-state index >= 15 is 0 Å². The molecule has 6 nitrogen and oxygen atoms in total. The maximum atomic E-state index is 12.2. The molecule has 0 aromatic heterocycles. The molecule has 2 N–H and O–H groups in total. The number of amides is 2. The van der Waals surface area contributed by atoms with Crippen molar-refractivity contribution in [2.75, 3.05) is 11.9 Å². The molecule has 146 valence electrons. The highest BCUT2D eigenvalue weighted by Gasteiger charge is 2.21. The zero-order valence-corrected chi connectivity index (χ0v) is 15.9. The van der Waals surface area contributed by atoms with Crippen LogP contribution >= 0.6 is 0 Å². The van der Waals surface area contributed by atoms with Crippen molar-refractivity contribution in [3.63, 3.8) is 0 Å². The lowest BCUT2D eigenvalue weighted by molar-refractivity contribution is -0.148. The van der Waals surface area contributed by atoms with Crippen molar-refractivity contribution in [2.45, 2.75) is 38.6 Å². The van der Waals surface area contributed by atoms with E-state index < -0.39 is 5.97 Å². The predicted molar refractivity (Wildman–Crippen MR) is 106 cm³/mol. The molecule has 0 aliphatic heterocycles. The first kappa shape index (κ1) is 19.6. The van der Waals surface area contributed by atoms with E-state index in [1.807, 2.05) is 18.2 Å². The largest absolute Gasteiger partial charge is 0.455 e. The molecule has 0 saturated carbocycles. The van der Waals surface area contributed by atoms with Crippen LogP contribution in [-0.4, -0.2) is 24.4 Å². The Morgan fingerprint density at radius 3 is 2.57 bits per heavy atom. The third-order valence-electron chi connectivity index (χ3n) is 4.69. The highest BCUT2D eigenvalue weighted by atomic mass is 16.5. The lowest BCUT2D eigenvalue weighted by Crippen LogP contribution is -2.34. The average molecular weight is 380 g/mol. The summed E-state index contributed by atoms with van der Waals surface area (Å²) in [5, 5.41) is 5.63. The molecular formula is C22H24N2O4. The van der Waals surface area contributed by atoms with Crippen LogP contribution in [0.3, 0.4) is 0 Å². The molecule has 0 saturated heterocycles. The third kappa shape index (κ3) is 5.42. The topological polar surface area (TPSA) is 84.5 Å². The first-order valence-electron chi connectivity index (χ1n) is 9.40. The van der Waals surface area contributed by atoms with Crippen molar-refractivity contribution < 1.29 is 19.1 Å². The Bertz CT molecular complexity index is 861. The normalized spacial score (nSPS) is 15.2. The van der Waals surface area contributed by atoms with Gasteiger partial charge in [-0.05, 0) is 48.1 Å². The molecule has 0 fully saturated rings. The van der Waals surface area contributed by atoms with Gasteiger partial charge in [0.15, 0.2) is 6.61 Å². The SMILES string of the molecule is CC(=O)Nc1ccc(CC(=O)OCC(=O)NC2CCCc3ccccc32)cc1. The summed E-state index contributed by atoms with van der Waals surface area (Å²) in [6, 6.07) is 15.0. The number of fused-ring (bicyclic) bond motifs is 1. The van der Waals surface area contributed by atoms with Crippen LogP contribution in [0.15, 0.2) is 48.5 Å². The summed E-state index contributed by atoms with van der Waals surface area (Å²) in [6.07, 6.45) is 3.01. The van der Waals surface area contributed by atoms with E-state index in [1.165, 1.54) is 12.5 Å². The standard InChI is InChI=1S/C22H24N2O4/c1-15(25)23-18-11-9-16(10-12-18)13-22(27)28-14-21(26)24-20-8-4-6-17-5-2-3-7-19(17)20/h2-3,5,7,9-12,20H,4,6,8,13-14H2,1H3,(H,23,25)(H,24,26). The second-order valence-corrected chi connectivity index (χ2v) is 6.93. The lowest BCUT2D eigenvalue weighted by atomic mass is 9.88. The molecule has 0 bridgehead atoms. The second-order valence-electron chi connectivity index (χ2n) is 6.93. The first-order chi connectivity index (χ1) is 13.5. The summed E-state index contributed by atoms with van der Waals surface area (Å²) in [6.45, 7) is 1.14. The number of anilines is 1. The molecule has 28 heavy (non-hydrogen) atoms. The number of carbonyl (C=O) groups excluding carboxylic acids is 3. The van der Waals surface area contributed by atoms with Crippen molar-refractivity contribution in [1.82, 2.24) is 5.32 Å². The van der Waals surface area contributed by atoms with Crippen LogP contribution in [0.4, 0.5) is 5.69 Å². The Labute approximate surface area is 164 Å². The minimum Gasteiger partial charge on any atom is -0.455 e. The second kappa shape index (κ2) is 9.17. The molecule has 1 aliphatic carbocycles. The first-order valence-corrected chi connectivity index (χ1v) is 9.40. The van der Waals surface area contributed by atoms with Crippen molar-refractivity contribution in [3.8, 4) is 0 Å². The van der Waals surface area contributed by atoms with Crippen molar-refractivity contribution >= 4 is 23.5 Å². The third-order valence-corrected chi connectivity index (χ3v) is 4.69. The number of esters is 1. The zero-order chi connectivity index (χ0) is 19.9. The van der Waals surface area contributed by atoms with Crippen molar-refractivity contribution in [3.05, 3.63) is 65.2 Å². The van der Waals surface area contributed by atoms with Gasteiger partial charge in [-0.3, -0.25) is 14.4 Å². The van der Waals surface area contributed by atoms with Gasteiger partial charge in [0, 0.05) is 12.6 Å². The van der Waals surface area contributed by atoms with E-state index in [9.17, 15) is 14.4 Å². The predicted octanol–water partition coefficient (Wildman–Crippen LogP) is 2.92. The fraction of sp³-hybridized carbons (Fsp3) is 0.318. The van der Waals surface area contributed by atoms with E-state index in [0.717, 1.165) is 30.4 Å². The molecule has 0 spiro atoms. The molecule has 0 heterocycles. The summed E-state index contributed by atoms with van der Waals surface area (Å²) in [4.78, 5) is 35.2. The molecule has 2 amide bonds. The number of ether oxygens (including phenoxy) is 1. The molecule has 3 rings (SSSR count). The highest BCUT2D eigenvalue weighted by molar-refractivity contribution is 5.88. The van der Waals surface area contributed by atoms with Gasteiger partial charge >= 0.3 is 5.97 Å². The molecule has 6 heteroatoms. The van der Waals surface area contributed by atoms with E-state index in [1.54, 1.807) is 24.3 Å². The maximum absolute atomic E-state index is 12.2. The van der Waals surface area contributed by atoms with Crippen LogP contribution in [0, 0.1) is 0 Å². The molecular weight excluding hydrogens is 356 g/mol. The smallest absolute Gasteiger partial charge is 0.310 e. The number of nitrogens with one attached hydrogen (secondary N) is 2. The minimum absolute atomic E-state index is 0.0301. The monoisotopic (exact) mass is 380 g/mol. The number of rotatable bonds is 6. The van der Waals surface area contributed by atoms with E-state index in [4.69, 9.17) is 4.74 Å². The van der Waals surface area contributed by atoms with Gasteiger partial charge in [0.25, 0.3) is 5.91 Å². The quantitative estimate of drug-likeness (QED) is 0.755. The molecule has 2 aromatic carbocycles.